The Labute approximate surface area is 174 Å². The Morgan fingerprint density at radius 3 is 2.41 bits per heavy atom. The zero-order chi connectivity index (χ0) is 21.6. The summed E-state index contributed by atoms with van der Waals surface area (Å²) in [7, 11) is 1.51. The molecule has 0 fully saturated rings. The summed E-state index contributed by atoms with van der Waals surface area (Å²) < 4.78 is 10.6. The van der Waals surface area contributed by atoms with Crippen LogP contribution in [0.2, 0.25) is 0 Å². The molecule has 0 saturated heterocycles. The fourth-order valence-electron chi connectivity index (χ4n) is 2.57. The largest absolute Gasteiger partial charge is 0.495 e. The second-order valence-electron chi connectivity index (χ2n) is 6.94. The first-order chi connectivity index (χ1) is 13.7. The van der Waals surface area contributed by atoms with E-state index in [1.54, 1.807) is 43.5 Å². The molecule has 7 nitrogen and oxygen atoms in total. The number of rotatable bonds is 8. The van der Waals surface area contributed by atoms with Gasteiger partial charge in [-0.15, -0.1) is 11.3 Å². The Bertz CT molecular complexity index is 864. The Kier molecular flexibility index (Phi) is 7.78. The fraction of sp³-hybridized carbons (Fsp3) is 0.381. The summed E-state index contributed by atoms with van der Waals surface area (Å²) >= 11 is 1.28. The molecule has 2 amide bonds. The van der Waals surface area contributed by atoms with E-state index in [-0.39, 0.29) is 11.8 Å². The van der Waals surface area contributed by atoms with Crippen LogP contribution in [0.15, 0.2) is 35.7 Å². The molecular weight excluding hydrogens is 392 g/mol. The van der Waals surface area contributed by atoms with E-state index in [1.165, 1.54) is 25.4 Å². The zero-order valence-electron chi connectivity index (χ0n) is 17.1. The van der Waals surface area contributed by atoms with E-state index in [1.807, 2.05) is 13.0 Å². The Hall–Kier alpha value is -2.87. The first kappa shape index (κ1) is 22.4. The van der Waals surface area contributed by atoms with E-state index in [9.17, 15) is 14.4 Å². The highest BCUT2D eigenvalue weighted by atomic mass is 32.1. The number of anilines is 1. The lowest BCUT2D eigenvalue weighted by Crippen LogP contribution is -2.47. The van der Waals surface area contributed by atoms with Crippen LogP contribution in [0.4, 0.5) is 5.69 Å². The number of carbonyl (C=O) groups excluding carboxylic acids is 3. The number of carbonyl (C=O) groups is 3. The zero-order valence-corrected chi connectivity index (χ0v) is 18.0. The first-order valence-corrected chi connectivity index (χ1v) is 10.1. The van der Waals surface area contributed by atoms with Gasteiger partial charge in [0.2, 0.25) is 0 Å². The molecule has 8 heteroatoms. The third kappa shape index (κ3) is 6.05. The number of amides is 2. The minimum absolute atomic E-state index is 0.210. The topological polar surface area (TPSA) is 93.7 Å². The molecule has 1 aromatic carbocycles. The number of aryl methyl sites for hydroxylation is 1. The summed E-state index contributed by atoms with van der Waals surface area (Å²) in [5.41, 5.74) is 1.44. The lowest BCUT2D eigenvalue weighted by molar-refractivity contribution is -0.156. The molecule has 2 aromatic rings. The molecular formula is C21H26N2O5S. The number of benzene rings is 1. The molecule has 2 rings (SSSR count). The molecule has 2 N–H and O–H groups in total. The predicted molar refractivity (Wildman–Crippen MR) is 112 cm³/mol. The molecule has 0 aliphatic heterocycles. The van der Waals surface area contributed by atoms with E-state index in [0.717, 1.165) is 5.56 Å². The average Bonchev–Trinajstić information content (AvgIpc) is 3.20. The molecule has 1 heterocycles. The molecule has 156 valence electrons. The molecule has 2 atom stereocenters. The molecule has 0 radical (unpaired) electrons. The number of nitrogens with one attached hydrogen (secondary N) is 2. The van der Waals surface area contributed by atoms with Crippen molar-refractivity contribution in [3.05, 3.63) is 46.2 Å². The predicted octanol–water partition coefficient (Wildman–Crippen LogP) is 3.39. The second kappa shape index (κ2) is 10.1. The van der Waals surface area contributed by atoms with Gasteiger partial charge in [-0.25, -0.2) is 4.79 Å². The van der Waals surface area contributed by atoms with Crippen molar-refractivity contribution < 1.29 is 23.9 Å². The summed E-state index contributed by atoms with van der Waals surface area (Å²) in [5.74, 6) is -1.21. The molecule has 0 aliphatic rings. The number of methoxy groups -OCH3 is 1. The van der Waals surface area contributed by atoms with Crippen LogP contribution in [0.5, 0.6) is 5.75 Å². The van der Waals surface area contributed by atoms with Gasteiger partial charge in [-0.05, 0) is 48.9 Å². The van der Waals surface area contributed by atoms with Gasteiger partial charge in [0.1, 0.15) is 11.8 Å². The van der Waals surface area contributed by atoms with Crippen molar-refractivity contribution in [1.29, 1.82) is 0 Å². The van der Waals surface area contributed by atoms with Crippen LogP contribution in [0.3, 0.4) is 0 Å². The maximum atomic E-state index is 12.6. The van der Waals surface area contributed by atoms with Gasteiger partial charge in [0.25, 0.3) is 11.8 Å². The van der Waals surface area contributed by atoms with E-state index in [4.69, 9.17) is 9.47 Å². The molecule has 0 unspecified atom stereocenters. The van der Waals surface area contributed by atoms with Gasteiger partial charge in [0.15, 0.2) is 6.10 Å². The number of esters is 1. The quantitative estimate of drug-likeness (QED) is 0.641. The van der Waals surface area contributed by atoms with Crippen LogP contribution in [0.1, 0.15) is 36.0 Å². The van der Waals surface area contributed by atoms with Crippen LogP contribution in [0, 0.1) is 12.8 Å². The minimum Gasteiger partial charge on any atom is -0.495 e. The summed E-state index contributed by atoms with van der Waals surface area (Å²) in [4.78, 5) is 37.9. The SMILES string of the molecule is COc1ccc(C)cc1NC(=O)[C@@H](C)OC(=O)[C@H](NC(=O)c1cccs1)C(C)C. The molecule has 0 saturated carbocycles. The van der Waals surface area contributed by atoms with Crippen molar-refractivity contribution in [3.63, 3.8) is 0 Å². The highest BCUT2D eigenvalue weighted by molar-refractivity contribution is 7.12. The Morgan fingerprint density at radius 2 is 1.83 bits per heavy atom. The van der Waals surface area contributed by atoms with Gasteiger partial charge in [0.05, 0.1) is 17.7 Å². The average molecular weight is 419 g/mol. The third-order valence-electron chi connectivity index (χ3n) is 4.23. The first-order valence-electron chi connectivity index (χ1n) is 9.23. The van der Waals surface area contributed by atoms with E-state index < -0.39 is 24.0 Å². The second-order valence-corrected chi connectivity index (χ2v) is 7.89. The van der Waals surface area contributed by atoms with Gasteiger partial charge in [-0.3, -0.25) is 9.59 Å². The normalized spacial score (nSPS) is 12.8. The summed E-state index contributed by atoms with van der Waals surface area (Å²) in [6, 6.07) is 7.94. The summed E-state index contributed by atoms with van der Waals surface area (Å²) in [6.07, 6.45) is -1.05. The standard InChI is InChI=1S/C21H26N2O5S/c1-12(2)18(23-20(25)17-7-6-10-29-17)21(26)28-14(4)19(24)22-15-11-13(3)8-9-16(15)27-5/h6-12,14,18H,1-5H3,(H,22,24)(H,23,25)/t14-,18-/m1/s1. The Morgan fingerprint density at radius 1 is 1.10 bits per heavy atom. The smallest absolute Gasteiger partial charge is 0.329 e. The van der Waals surface area contributed by atoms with Crippen molar-refractivity contribution in [3.8, 4) is 5.75 Å². The van der Waals surface area contributed by atoms with Gasteiger partial charge in [-0.2, -0.15) is 0 Å². The van der Waals surface area contributed by atoms with Crippen molar-refractivity contribution in [2.24, 2.45) is 5.92 Å². The van der Waals surface area contributed by atoms with Crippen molar-refractivity contribution >= 4 is 34.8 Å². The van der Waals surface area contributed by atoms with Crippen molar-refractivity contribution in [2.75, 3.05) is 12.4 Å². The molecule has 0 spiro atoms. The Balaban J connectivity index is 2.02. The number of hydrogen-bond donors (Lipinski definition) is 2. The molecule has 1 aromatic heterocycles. The van der Waals surface area contributed by atoms with E-state index in [0.29, 0.717) is 16.3 Å². The van der Waals surface area contributed by atoms with Crippen LogP contribution in [-0.2, 0) is 14.3 Å². The van der Waals surface area contributed by atoms with E-state index in [2.05, 4.69) is 10.6 Å². The highest BCUT2D eigenvalue weighted by Gasteiger charge is 2.29. The van der Waals surface area contributed by atoms with Crippen molar-refractivity contribution in [1.82, 2.24) is 5.32 Å². The number of hydrogen-bond acceptors (Lipinski definition) is 6. The third-order valence-corrected chi connectivity index (χ3v) is 5.10. The molecule has 29 heavy (non-hydrogen) atoms. The lowest BCUT2D eigenvalue weighted by atomic mass is 10.0. The van der Waals surface area contributed by atoms with Gasteiger partial charge >= 0.3 is 5.97 Å². The molecule has 0 bridgehead atoms. The number of ether oxygens (including phenoxy) is 2. The molecule has 0 aliphatic carbocycles. The monoisotopic (exact) mass is 418 g/mol. The minimum atomic E-state index is -1.05. The summed E-state index contributed by atoms with van der Waals surface area (Å²) in [6.45, 7) is 6.96. The van der Waals surface area contributed by atoms with Gasteiger partial charge < -0.3 is 20.1 Å². The van der Waals surface area contributed by atoms with Crippen LogP contribution >= 0.6 is 11.3 Å². The van der Waals surface area contributed by atoms with Crippen LogP contribution in [0.25, 0.3) is 0 Å². The lowest BCUT2D eigenvalue weighted by Gasteiger charge is -2.23. The van der Waals surface area contributed by atoms with Crippen LogP contribution in [-0.4, -0.2) is 37.0 Å². The van der Waals surface area contributed by atoms with Gasteiger partial charge in [0, 0.05) is 0 Å². The van der Waals surface area contributed by atoms with Crippen molar-refractivity contribution in [2.45, 2.75) is 39.8 Å². The summed E-state index contributed by atoms with van der Waals surface area (Å²) in [5, 5.41) is 7.18. The highest BCUT2D eigenvalue weighted by Crippen LogP contribution is 2.25. The fourth-order valence-corrected chi connectivity index (χ4v) is 3.20. The number of thiophene rings is 1. The maximum absolute atomic E-state index is 12.6. The van der Waals surface area contributed by atoms with Gasteiger partial charge in [-0.1, -0.05) is 26.0 Å². The van der Waals surface area contributed by atoms with E-state index >= 15 is 0 Å². The maximum Gasteiger partial charge on any atom is 0.329 e. The van der Waals surface area contributed by atoms with Crippen LogP contribution < -0.4 is 15.4 Å².